The lowest BCUT2D eigenvalue weighted by Crippen LogP contribution is -2.20. The number of hydrogen-bond acceptors (Lipinski definition) is 5. The fraction of sp³-hybridized carbons (Fsp3) is 0. The highest BCUT2D eigenvalue weighted by atomic mass is 79.9. The van der Waals surface area contributed by atoms with Crippen LogP contribution in [0.4, 0.5) is 5.69 Å². The molecule has 0 aliphatic rings. The van der Waals surface area contributed by atoms with Gasteiger partial charge in [-0.3, -0.25) is 14.9 Å². The van der Waals surface area contributed by atoms with E-state index < -0.39 is 10.5 Å². The van der Waals surface area contributed by atoms with Crippen molar-refractivity contribution in [2.24, 2.45) is 0 Å². The minimum absolute atomic E-state index is 0.0717. The standard InChI is InChI=1S/C18H9BrN2O4S/c19-13-9-12-16(11-6-2-1-5-10(11)13)25-18(26)20(17(12)22)14-7-3-4-8-15(14)21(23)24/h1-9H. The van der Waals surface area contributed by atoms with Gasteiger partial charge in [0.15, 0.2) is 5.58 Å². The minimum atomic E-state index is -0.558. The molecule has 0 bridgehead atoms. The molecule has 0 aliphatic carbocycles. The summed E-state index contributed by atoms with van der Waals surface area (Å²) in [6.07, 6.45) is 0. The largest absolute Gasteiger partial charge is 0.430 e. The van der Waals surface area contributed by atoms with Crippen molar-refractivity contribution >= 4 is 55.6 Å². The molecule has 0 saturated carbocycles. The average molecular weight is 429 g/mol. The molecule has 0 atom stereocenters. The maximum Gasteiger partial charge on any atom is 0.293 e. The summed E-state index contributed by atoms with van der Waals surface area (Å²) in [5, 5.41) is 13.2. The van der Waals surface area contributed by atoms with E-state index in [0.29, 0.717) is 5.58 Å². The van der Waals surface area contributed by atoms with Crippen LogP contribution < -0.4 is 5.56 Å². The van der Waals surface area contributed by atoms with Gasteiger partial charge in [0.2, 0.25) is 0 Å². The molecule has 4 rings (SSSR count). The number of rotatable bonds is 2. The van der Waals surface area contributed by atoms with Crippen LogP contribution in [-0.4, -0.2) is 9.49 Å². The van der Waals surface area contributed by atoms with Gasteiger partial charge in [-0.05, 0) is 29.7 Å². The van der Waals surface area contributed by atoms with Crippen LogP contribution >= 0.6 is 28.1 Å². The Labute approximate surface area is 159 Å². The lowest BCUT2D eigenvalue weighted by Gasteiger charge is -2.10. The van der Waals surface area contributed by atoms with E-state index in [0.717, 1.165) is 19.8 Å². The van der Waals surface area contributed by atoms with Crippen molar-refractivity contribution in [2.45, 2.75) is 0 Å². The van der Waals surface area contributed by atoms with Crippen molar-refractivity contribution in [1.82, 2.24) is 4.57 Å². The number of halogens is 1. The van der Waals surface area contributed by atoms with Gasteiger partial charge in [0.1, 0.15) is 5.69 Å². The van der Waals surface area contributed by atoms with Crippen LogP contribution in [0.25, 0.3) is 27.4 Å². The summed E-state index contributed by atoms with van der Waals surface area (Å²) >= 11 is 8.72. The molecular formula is C18H9BrN2O4S. The van der Waals surface area contributed by atoms with Crippen LogP contribution in [-0.2, 0) is 0 Å². The predicted molar refractivity (Wildman–Crippen MR) is 105 cm³/mol. The second-order valence-corrected chi connectivity index (χ2v) is 6.74. The summed E-state index contributed by atoms with van der Waals surface area (Å²) in [6.45, 7) is 0. The zero-order valence-electron chi connectivity index (χ0n) is 13.0. The summed E-state index contributed by atoms with van der Waals surface area (Å²) in [5.74, 6) is 0. The van der Waals surface area contributed by atoms with Gasteiger partial charge in [0.25, 0.3) is 16.1 Å². The highest BCUT2D eigenvalue weighted by Crippen LogP contribution is 2.31. The average Bonchev–Trinajstić information content (AvgIpc) is 2.63. The van der Waals surface area contributed by atoms with E-state index in [1.807, 2.05) is 24.3 Å². The van der Waals surface area contributed by atoms with Crippen LogP contribution in [0.1, 0.15) is 0 Å². The topological polar surface area (TPSA) is 78.3 Å². The highest BCUT2D eigenvalue weighted by Gasteiger charge is 2.20. The van der Waals surface area contributed by atoms with Crippen molar-refractivity contribution in [3.8, 4) is 5.69 Å². The third-order valence-electron chi connectivity index (χ3n) is 4.07. The maximum atomic E-state index is 13.1. The Morgan fingerprint density at radius 2 is 1.69 bits per heavy atom. The molecule has 0 spiro atoms. The van der Waals surface area contributed by atoms with Crippen LogP contribution in [0.2, 0.25) is 0 Å². The molecule has 1 aromatic heterocycles. The van der Waals surface area contributed by atoms with Gasteiger partial charge in [-0.15, -0.1) is 0 Å². The Morgan fingerprint density at radius 3 is 2.42 bits per heavy atom. The number of hydrogen-bond donors (Lipinski definition) is 0. The van der Waals surface area contributed by atoms with E-state index in [9.17, 15) is 14.9 Å². The van der Waals surface area contributed by atoms with Crippen LogP contribution in [0, 0.1) is 15.0 Å². The monoisotopic (exact) mass is 428 g/mol. The molecule has 4 aromatic rings. The van der Waals surface area contributed by atoms with Gasteiger partial charge in [0, 0.05) is 15.9 Å². The summed E-state index contributed by atoms with van der Waals surface area (Å²) in [7, 11) is 0. The van der Waals surface area contributed by atoms with Gasteiger partial charge >= 0.3 is 0 Å². The Kier molecular flexibility index (Phi) is 3.93. The number of benzene rings is 3. The van der Waals surface area contributed by atoms with E-state index in [4.69, 9.17) is 16.6 Å². The normalized spacial score (nSPS) is 11.1. The summed E-state index contributed by atoms with van der Waals surface area (Å²) in [5.41, 5.74) is -0.275. The Hall–Kier alpha value is -2.84. The molecule has 0 saturated heterocycles. The zero-order chi connectivity index (χ0) is 18.4. The maximum absolute atomic E-state index is 13.1. The molecule has 128 valence electrons. The van der Waals surface area contributed by atoms with Crippen LogP contribution in [0.15, 0.2) is 68.3 Å². The summed E-state index contributed by atoms with van der Waals surface area (Å²) in [4.78, 5) is 23.7. The third-order valence-corrected chi connectivity index (χ3v) is 4.99. The number of para-hydroxylation sites is 2. The number of nitrogens with zero attached hydrogens (tertiary/aromatic N) is 2. The summed E-state index contributed by atoms with van der Waals surface area (Å²) in [6, 6.07) is 15.0. The van der Waals surface area contributed by atoms with Gasteiger partial charge in [-0.1, -0.05) is 52.3 Å². The lowest BCUT2D eigenvalue weighted by atomic mass is 10.1. The van der Waals surface area contributed by atoms with E-state index in [-0.39, 0.29) is 21.6 Å². The number of fused-ring (bicyclic) bond motifs is 3. The van der Waals surface area contributed by atoms with Gasteiger partial charge in [-0.25, -0.2) is 4.57 Å². The molecule has 0 aliphatic heterocycles. The van der Waals surface area contributed by atoms with E-state index >= 15 is 0 Å². The minimum Gasteiger partial charge on any atom is -0.430 e. The van der Waals surface area contributed by atoms with Crippen molar-refractivity contribution in [1.29, 1.82) is 0 Å². The molecular weight excluding hydrogens is 420 g/mol. The molecule has 26 heavy (non-hydrogen) atoms. The van der Waals surface area contributed by atoms with E-state index in [1.165, 1.54) is 18.2 Å². The Bertz CT molecular complexity index is 1330. The van der Waals surface area contributed by atoms with Crippen molar-refractivity contribution in [2.75, 3.05) is 0 Å². The molecule has 1 heterocycles. The predicted octanol–water partition coefficient (Wildman–Crippen LogP) is 5.14. The van der Waals surface area contributed by atoms with Crippen molar-refractivity contribution in [3.05, 3.63) is 84.4 Å². The second-order valence-electron chi connectivity index (χ2n) is 5.54. The second kappa shape index (κ2) is 6.15. The quantitative estimate of drug-likeness (QED) is 0.191. The Morgan fingerprint density at radius 1 is 1.04 bits per heavy atom. The fourth-order valence-electron chi connectivity index (χ4n) is 2.93. The van der Waals surface area contributed by atoms with Crippen LogP contribution in [0.3, 0.4) is 0 Å². The van der Waals surface area contributed by atoms with Crippen molar-refractivity contribution in [3.63, 3.8) is 0 Å². The first-order valence-electron chi connectivity index (χ1n) is 7.50. The molecule has 0 radical (unpaired) electrons. The molecule has 6 nitrogen and oxygen atoms in total. The van der Waals surface area contributed by atoms with E-state index in [1.54, 1.807) is 12.1 Å². The lowest BCUT2D eigenvalue weighted by molar-refractivity contribution is -0.384. The Balaban J connectivity index is 2.18. The highest BCUT2D eigenvalue weighted by molar-refractivity contribution is 9.10. The zero-order valence-corrected chi connectivity index (χ0v) is 15.4. The molecule has 0 fully saturated rings. The van der Waals surface area contributed by atoms with E-state index in [2.05, 4.69) is 15.9 Å². The van der Waals surface area contributed by atoms with Crippen LogP contribution in [0.5, 0.6) is 0 Å². The number of nitro benzene ring substituents is 1. The van der Waals surface area contributed by atoms with Gasteiger partial charge < -0.3 is 4.42 Å². The van der Waals surface area contributed by atoms with Crippen molar-refractivity contribution < 1.29 is 9.34 Å². The molecule has 0 amide bonds. The fourth-order valence-corrected chi connectivity index (χ4v) is 3.76. The first-order valence-corrected chi connectivity index (χ1v) is 8.70. The number of aromatic nitrogens is 1. The molecule has 3 aromatic carbocycles. The molecule has 8 heteroatoms. The first-order chi connectivity index (χ1) is 12.5. The molecule has 0 unspecified atom stereocenters. The van der Waals surface area contributed by atoms with Gasteiger partial charge in [-0.2, -0.15) is 0 Å². The molecule has 0 N–H and O–H groups in total. The summed E-state index contributed by atoms with van der Waals surface area (Å²) < 4.78 is 7.54. The first kappa shape index (κ1) is 16.6. The van der Waals surface area contributed by atoms with Gasteiger partial charge in [0.05, 0.1) is 10.3 Å². The third kappa shape index (κ3) is 2.46. The SMILES string of the molecule is O=c1c2cc(Br)c3ccccc3c2oc(=S)n1-c1ccccc1[N+](=O)[O-]. The smallest absolute Gasteiger partial charge is 0.293 e. The number of nitro groups is 1.